The molecule has 4 heterocycles. The van der Waals surface area contributed by atoms with Crippen LogP contribution in [0.1, 0.15) is 0 Å². The van der Waals surface area contributed by atoms with E-state index in [1.807, 2.05) is 11.3 Å². The van der Waals surface area contributed by atoms with E-state index in [0.29, 0.717) is 0 Å². The molecule has 0 spiro atoms. The van der Waals surface area contributed by atoms with Crippen LogP contribution in [0.3, 0.4) is 0 Å². The molecular formula is C72H47N3SSi. The molecule has 0 atom stereocenters. The monoisotopic (exact) mass is 1010 g/mol. The molecular weight excluding hydrogens is 967 g/mol. The second-order valence-corrected chi connectivity index (χ2v) is 25.3. The lowest BCUT2D eigenvalue weighted by atomic mass is 10.00. The van der Waals surface area contributed by atoms with Crippen molar-refractivity contribution in [3.05, 3.63) is 285 Å². The van der Waals surface area contributed by atoms with Gasteiger partial charge in [-0.05, 0) is 111 Å². The van der Waals surface area contributed by atoms with Crippen LogP contribution in [0.25, 0.3) is 114 Å². The maximum Gasteiger partial charge on any atom is 0.179 e. The summed E-state index contributed by atoms with van der Waals surface area (Å²) in [6.45, 7) is 0. The molecule has 5 heteroatoms. The predicted octanol–water partition coefficient (Wildman–Crippen LogP) is 16.4. The van der Waals surface area contributed by atoms with Crippen LogP contribution in [0.15, 0.2) is 285 Å². The highest BCUT2D eigenvalue weighted by molar-refractivity contribution is 7.25. The first kappa shape index (κ1) is 43.8. The summed E-state index contributed by atoms with van der Waals surface area (Å²) in [6, 6.07) is 107. The smallest absolute Gasteiger partial charge is 0.179 e. The molecule has 0 fully saturated rings. The van der Waals surface area contributed by atoms with Crippen LogP contribution in [0.4, 0.5) is 0 Å². The SMILES string of the molecule is c1ccc([Si](c2ccccc2)(c2ccccc2)c2cccc(-n3c4ccccc4c4cc(-n5c6ccc(-n7c8ccccc8c8ccccc87)cc6c6cccc(-c7ccc8sc9ccccc9c8c7)c65)ccc43)c2)cc1. The van der Waals surface area contributed by atoms with Crippen molar-refractivity contribution in [1.29, 1.82) is 0 Å². The number of fused-ring (bicyclic) bond motifs is 12. The number of thiophene rings is 1. The van der Waals surface area contributed by atoms with E-state index in [0.717, 1.165) is 17.1 Å². The Balaban J connectivity index is 0.939. The lowest BCUT2D eigenvalue weighted by Gasteiger charge is -2.34. The number of aromatic nitrogens is 3. The van der Waals surface area contributed by atoms with Gasteiger partial charge in [0.05, 0.1) is 33.1 Å². The van der Waals surface area contributed by atoms with Crippen LogP contribution in [0.2, 0.25) is 0 Å². The Morgan fingerprint density at radius 2 is 0.675 bits per heavy atom. The number of hydrogen-bond acceptors (Lipinski definition) is 1. The lowest BCUT2D eigenvalue weighted by Crippen LogP contribution is -2.74. The van der Waals surface area contributed by atoms with Gasteiger partial charge in [0.15, 0.2) is 8.07 Å². The fourth-order valence-corrected chi connectivity index (χ4v) is 19.0. The average molecular weight is 1010 g/mol. The quantitative estimate of drug-likeness (QED) is 0.106. The first-order valence-electron chi connectivity index (χ1n) is 26.5. The van der Waals surface area contributed by atoms with Gasteiger partial charge in [0.1, 0.15) is 0 Å². The molecule has 0 saturated heterocycles. The molecule has 0 aliphatic heterocycles. The van der Waals surface area contributed by atoms with Gasteiger partial charge < -0.3 is 13.7 Å². The summed E-state index contributed by atoms with van der Waals surface area (Å²) in [4.78, 5) is 0. The highest BCUT2D eigenvalue weighted by Crippen LogP contribution is 2.44. The molecule has 12 aromatic carbocycles. The molecule has 16 rings (SSSR count). The molecule has 77 heavy (non-hydrogen) atoms. The van der Waals surface area contributed by atoms with E-state index in [4.69, 9.17) is 0 Å². The van der Waals surface area contributed by atoms with E-state index in [1.54, 1.807) is 0 Å². The van der Waals surface area contributed by atoms with Crippen LogP contribution in [-0.4, -0.2) is 21.8 Å². The molecule has 0 aliphatic rings. The van der Waals surface area contributed by atoms with Gasteiger partial charge in [-0.2, -0.15) is 0 Å². The number of hydrogen-bond donors (Lipinski definition) is 0. The van der Waals surface area contributed by atoms with E-state index >= 15 is 0 Å². The molecule has 16 aromatic rings. The molecule has 0 radical (unpaired) electrons. The van der Waals surface area contributed by atoms with E-state index in [-0.39, 0.29) is 0 Å². The normalized spacial score (nSPS) is 12.2. The van der Waals surface area contributed by atoms with Gasteiger partial charge in [-0.1, -0.05) is 200 Å². The Bertz CT molecular complexity index is 4840. The zero-order valence-electron chi connectivity index (χ0n) is 41.9. The van der Waals surface area contributed by atoms with Crippen LogP contribution in [0.5, 0.6) is 0 Å². The topological polar surface area (TPSA) is 14.8 Å². The van der Waals surface area contributed by atoms with Gasteiger partial charge >= 0.3 is 0 Å². The number of para-hydroxylation sites is 4. The van der Waals surface area contributed by atoms with Gasteiger partial charge in [0, 0.05) is 75.1 Å². The molecule has 0 N–H and O–H groups in total. The fraction of sp³-hybridized carbons (Fsp3) is 0. The third-order valence-corrected chi connectivity index (χ3v) is 22.3. The van der Waals surface area contributed by atoms with Crippen molar-refractivity contribution in [2.24, 2.45) is 0 Å². The molecule has 360 valence electrons. The standard InChI is InChI=1S/C72H47N3SSi/c1-4-21-52(22-5-1)77(53-23-6-2-7-24-53,54-25-8-3-9-26-54)55-27-18-20-49(45-55)73-67-36-16-12-30-59(67)62-47-51(40-41-68(62)73)75-69-42-39-50(74-65-34-14-10-28-57(65)58-29-11-15-35-66(58)74)46-63(69)61-33-19-32-56(72(61)75)48-38-43-71-64(44-48)60-31-13-17-37-70(60)76-71/h1-47H. The van der Waals surface area contributed by atoms with Gasteiger partial charge in [0.2, 0.25) is 0 Å². The van der Waals surface area contributed by atoms with Crippen LogP contribution >= 0.6 is 11.3 Å². The van der Waals surface area contributed by atoms with E-state index < -0.39 is 8.07 Å². The predicted molar refractivity (Wildman–Crippen MR) is 331 cm³/mol. The minimum Gasteiger partial charge on any atom is -0.309 e. The molecule has 4 aromatic heterocycles. The van der Waals surface area contributed by atoms with Crippen molar-refractivity contribution in [2.75, 3.05) is 0 Å². The van der Waals surface area contributed by atoms with Crippen LogP contribution < -0.4 is 20.7 Å². The Hall–Kier alpha value is -9.52. The third-order valence-electron chi connectivity index (χ3n) is 16.4. The zero-order valence-corrected chi connectivity index (χ0v) is 43.7. The van der Waals surface area contributed by atoms with Crippen molar-refractivity contribution >= 4 is 126 Å². The summed E-state index contributed by atoms with van der Waals surface area (Å²) in [5.74, 6) is 0. The first-order chi connectivity index (χ1) is 38.2. The van der Waals surface area contributed by atoms with Crippen LogP contribution in [0, 0.1) is 0 Å². The van der Waals surface area contributed by atoms with Crippen molar-refractivity contribution in [3.63, 3.8) is 0 Å². The van der Waals surface area contributed by atoms with Gasteiger partial charge in [-0.3, -0.25) is 0 Å². The summed E-state index contributed by atoms with van der Waals surface area (Å²) in [7, 11) is -2.80. The third kappa shape index (κ3) is 6.55. The minimum atomic E-state index is -2.80. The first-order valence-corrected chi connectivity index (χ1v) is 29.3. The summed E-state index contributed by atoms with van der Waals surface area (Å²) < 4.78 is 10.1. The van der Waals surface area contributed by atoms with E-state index in [2.05, 4.69) is 299 Å². The second kappa shape index (κ2) is 17.3. The molecule has 0 saturated carbocycles. The molecule has 0 unspecified atom stereocenters. The van der Waals surface area contributed by atoms with Crippen molar-refractivity contribution in [2.45, 2.75) is 0 Å². The summed E-state index contributed by atoms with van der Waals surface area (Å²) in [5.41, 5.74) is 12.9. The van der Waals surface area contributed by atoms with Gasteiger partial charge in [-0.25, -0.2) is 0 Å². The van der Waals surface area contributed by atoms with E-state index in [9.17, 15) is 0 Å². The molecule has 3 nitrogen and oxygen atoms in total. The largest absolute Gasteiger partial charge is 0.309 e. The number of benzene rings is 12. The maximum atomic E-state index is 2.54. The highest BCUT2D eigenvalue weighted by Gasteiger charge is 2.41. The number of nitrogens with zero attached hydrogens (tertiary/aromatic N) is 3. The van der Waals surface area contributed by atoms with Crippen molar-refractivity contribution in [1.82, 2.24) is 13.7 Å². The van der Waals surface area contributed by atoms with Crippen molar-refractivity contribution < 1.29 is 0 Å². The lowest BCUT2D eigenvalue weighted by molar-refractivity contribution is 1.16. The van der Waals surface area contributed by atoms with Crippen LogP contribution in [-0.2, 0) is 0 Å². The molecule has 0 amide bonds. The zero-order chi connectivity index (χ0) is 50.6. The van der Waals surface area contributed by atoms with E-state index in [1.165, 1.54) is 117 Å². The Labute approximate surface area is 450 Å². The second-order valence-electron chi connectivity index (χ2n) is 20.4. The molecule has 0 bridgehead atoms. The summed E-state index contributed by atoms with van der Waals surface area (Å²) >= 11 is 1.87. The Morgan fingerprint density at radius 1 is 0.247 bits per heavy atom. The summed E-state index contributed by atoms with van der Waals surface area (Å²) in [5, 5.41) is 15.4. The minimum absolute atomic E-state index is 1.12. The maximum absolute atomic E-state index is 2.80. The van der Waals surface area contributed by atoms with Gasteiger partial charge in [-0.15, -0.1) is 11.3 Å². The molecule has 0 aliphatic carbocycles. The fourth-order valence-electron chi connectivity index (χ4n) is 13.1. The summed E-state index contributed by atoms with van der Waals surface area (Å²) in [6.07, 6.45) is 0. The highest BCUT2D eigenvalue weighted by atomic mass is 32.1. The Kier molecular flexibility index (Phi) is 9.83. The number of rotatable bonds is 8. The van der Waals surface area contributed by atoms with Gasteiger partial charge in [0.25, 0.3) is 0 Å². The van der Waals surface area contributed by atoms with Crippen molar-refractivity contribution in [3.8, 4) is 28.2 Å². The Morgan fingerprint density at radius 3 is 1.29 bits per heavy atom. The average Bonchev–Trinajstić information content (AvgIpc) is 4.45.